The minimum Gasteiger partial charge on any atom is -0.493 e. The van der Waals surface area contributed by atoms with Gasteiger partial charge in [0.2, 0.25) is 0 Å². The minimum absolute atomic E-state index is 0.555. The number of ether oxygens (including phenoxy) is 2. The SMILES string of the molecule is CCCCCCCNCCc1cccc(OC)c1OCc1ccccc1. The highest BCUT2D eigenvalue weighted by Gasteiger charge is 2.10. The number of benzene rings is 2. The average Bonchev–Trinajstić information content (AvgIpc) is 2.69. The molecule has 0 fully saturated rings. The molecule has 0 bridgehead atoms. The maximum absolute atomic E-state index is 6.11. The molecule has 3 nitrogen and oxygen atoms in total. The maximum Gasteiger partial charge on any atom is 0.164 e. The molecule has 0 spiro atoms. The number of hydrogen-bond acceptors (Lipinski definition) is 3. The number of rotatable bonds is 13. The Bertz CT molecular complexity index is 613. The van der Waals surface area contributed by atoms with Crippen LogP contribution >= 0.6 is 0 Å². The van der Waals surface area contributed by atoms with Crippen LogP contribution in [0.5, 0.6) is 11.5 Å². The molecule has 0 saturated carbocycles. The summed E-state index contributed by atoms with van der Waals surface area (Å²) in [5.41, 5.74) is 2.35. The summed E-state index contributed by atoms with van der Waals surface area (Å²) in [5, 5.41) is 3.55. The fraction of sp³-hybridized carbons (Fsp3) is 0.478. The number of para-hydroxylation sites is 1. The molecule has 0 aromatic heterocycles. The first-order chi connectivity index (χ1) is 12.8. The van der Waals surface area contributed by atoms with Crippen LogP contribution in [0.15, 0.2) is 48.5 Å². The number of nitrogens with one attached hydrogen (secondary N) is 1. The molecule has 26 heavy (non-hydrogen) atoms. The van der Waals surface area contributed by atoms with E-state index in [1.165, 1.54) is 37.7 Å². The van der Waals surface area contributed by atoms with Gasteiger partial charge in [-0.05, 0) is 43.1 Å². The van der Waals surface area contributed by atoms with Crippen molar-refractivity contribution < 1.29 is 9.47 Å². The van der Waals surface area contributed by atoms with E-state index in [4.69, 9.17) is 9.47 Å². The summed E-state index contributed by atoms with van der Waals surface area (Å²) in [4.78, 5) is 0. The Labute approximate surface area is 158 Å². The van der Waals surface area contributed by atoms with E-state index in [1.54, 1.807) is 7.11 Å². The standard InChI is InChI=1S/C23H33NO2/c1-3-4-5-6-10-17-24-18-16-21-14-11-15-22(25-2)23(21)26-19-20-12-8-7-9-13-20/h7-9,11-15,24H,3-6,10,16-19H2,1-2H3. The lowest BCUT2D eigenvalue weighted by molar-refractivity contribution is 0.281. The Morgan fingerprint density at radius 2 is 1.65 bits per heavy atom. The molecule has 2 rings (SSSR count). The van der Waals surface area contributed by atoms with Gasteiger partial charge in [0.25, 0.3) is 0 Å². The van der Waals surface area contributed by atoms with Crippen LogP contribution in [0.4, 0.5) is 0 Å². The molecule has 3 heteroatoms. The van der Waals surface area contributed by atoms with Crippen molar-refractivity contribution in [3.05, 3.63) is 59.7 Å². The lowest BCUT2D eigenvalue weighted by Gasteiger charge is -2.15. The average molecular weight is 356 g/mol. The molecule has 142 valence electrons. The highest BCUT2D eigenvalue weighted by Crippen LogP contribution is 2.32. The monoisotopic (exact) mass is 355 g/mol. The van der Waals surface area contributed by atoms with E-state index in [9.17, 15) is 0 Å². The van der Waals surface area contributed by atoms with Gasteiger partial charge in [0, 0.05) is 0 Å². The van der Waals surface area contributed by atoms with Crippen molar-refractivity contribution in [2.24, 2.45) is 0 Å². The first kappa shape index (κ1) is 20.3. The Kier molecular flexibility index (Phi) is 9.66. The third-order valence-electron chi connectivity index (χ3n) is 4.53. The summed E-state index contributed by atoms with van der Waals surface area (Å²) in [6.07, 6.45) is 7.53. The highest BCUT2D eigenvalue weighted by atomic mass is 16.5. The molecule has 1 N–H and O–H groups in total. The molecule has 2 aromatic rings. The Morgan fingerprint density at radius 3 is 2.42 bits per heavy atom. The maximum atomic E-state index is 6.11. The first-order valence-electron chi connectivity index (χ1n) is 9.88. The van der Waals surface area contributed by atoms with Gasteiger partial charge in [-0.15, -0.1) is 0 Å². The summed E-state index contributed by atoms with van der Waals surface area (Å²) >= 11 is 0. The molecule has 0 aliphatic rings. The van der Waals surface area contributed by atoms with Crippen LogP contribution in [0.2, 0.25) is 0 Å². The summed E-state index contributed by atoms with van der Waals surface area (Å²) in [6.45, 7) is 4.86. The van der Waals surface area contributed by atoms with E-state index in [1.807, 2.05) is 30.3 Å². The predicted molar refractivity (Wildman–Crippen MR) is 109 cm³/mol. The van der Waals surface area contributed by atoms with Crippen molar-refractivity contribution >= 4 is 0 Å². The van der Waals surface area contributed by atoms with Gasteiger partial charge >= 0.3 is 0 Å². The highest BCUT2D eigenvalue weighted by molar-refractivity contribution is 5.47. The molecule has 2 aromatic carbocycles. The lowest BCUT2D eigenvalue weighted by atomic mass is 10.1. The second kappa shape index (κ2) is 12.4. The second-order valence-corrected chi connectivity index (χ2v) is 6.64. The third kappa shape index (κ3) is 7.09. The smallest absolute Gasteiger partial charge is 0.164 e. The minimum atomic E-state index is 0.555. The first-order valence-corrected chi connectivity index (χ1v) is 9.88. The molecule has 0 amide bonds. The van der Waals surface area contributed by atoms with E-state index < -0.39 is 0 Å². The fourth-order valence-corrected chi connectivity index (χ4v) is 3.01. The van der Waals surface area contributed by atoms with Crippen LogP contribution in [0.1, 0.15) is 50.2 Å². The zero-order valence-corrected chi connectivity index (χ0v) is 16.3. The van der Waals surface area contributed by atoms with Gasteiger partial charge in [-0.25, -0.2) is 0 Å². The van der Waals surface area contributed by atoms with Crippen LogP contribution in [-0.2, 0) is 13.0 Å². The van der Waals surface area contributed by atoms with Crippen molar-refractivity contribution in [3.8, 4) is 11.5 Å². The second-order valence-electron chi connectivity index (χ2n) is 6.64. The Morgan fingerprint density at radius 1 is 0.846 bits per heavy atom. The van der Waals surface area contributed by atoms with Crippen LogP contribution < -0.4 is 14.8 Å². The van der Waals surface area contributed by atoms with Gasteiger partial charge in [-0.2, -0.15) is 0 Å². The van der Waals surface area contributed by atoms with E-state index >= 15 is 0 Å². The molecule has 0 saturated heterocycles. The third-order valence-corrected chi connectivity index (χ3v) is 4.53. The van der Waals surface area contributed by atoms with Crippen LogP contribution in [0.25, 0.3) is 0 Å². The van der Waals surface area contributed by atoms with Crippen molar-refractivity contribution in [2.75, 3.05) is 20.2 Å². The fourth-order valence-electron chi connectivity index (χ4n) is 3.01. The van der Waals surface area contributed by atoms with Crippen LogP contribution in [0.3, 0.4) is 0 Å². The van der Waals surface area contributed by atoms with Crippen molar-refractivity contribution in [1.29, 1.82) is 0 Å². The van der Waals surface area contributed by atoms with E-state index in [2.05, 4.69) is 30.4 Å². The van der Waals surface area contributed by atoms with E-state index in [0.29, 0.717) is 6.61 Å². The number of methoxy groups -OCH3 is 1. The summed E-state index contributed by atoms with van der Waals surface area (Å²) in [5.74, 6) is 1.67. The quantitative estimate of drug-likeness (QED) is 0.490. The summed E-state index contributed by atoms with van der Waals surface area (Å²) < 4.78 is 11.6. The number of hydrogen-bond donors (Lipinski definition) is 1. The zero-order valence-electron chi connectivity index (χ0n) is 16.3. The van der Waals surface area contributed by atoms with Crippen molar-refractivity contribution in [2.45, 2.75) is 52.1 Å². The van der Waals surface area contributed by atoms with Gasteiger partial charge in [0.15, 0.2) is 11.5 Å². The van der Waals surface area contributed by atoms with E-state index in [-0.39, 0.29) is 0 Å². The predicted octanol–water partition coefficient (Wildman–Crippen LogP) is 5.38. The molecule has 0 unspecified atom stereocenters. The Balaban J connectivity index is 1.83. The molecule has 0 aliphatic carbocycles. The largest absolute Gasteiger partial charge is 0.493 e. The van der Waals surface area contributed by atoms with Gasteiger partial charge < -0.3 is 14.8 Å². The summed E-state index contributed by atoms with van der Waals surface area (Å²) in [6, 6.07) is 16.4. The van der Waals surface area contributed by atoms with Gasteiger partial charge in [0.1, 0.15) is 6.61 Å². The molecule has 0 heterocycles. The van der Waals surface area contributed by atoms with Gasteiger partial charge in [0.05, 0.1) is 7.11 Å². The zero-order chi connectivity index (χ0) is 18.5. The van der Waals surface area contributed by atoms with Crippen molar-refractivity contribution in [3.63, 3.8) is 0 Å². The Hall–Kier alpha value is -2.00. The lowest BCUT2D eigenvalue weighted by Crippen LogP contribution is -2.18. The summed E-state index contributed by atoms with van der Waals surface area (Å²) in [7, 11) is 1.70. The van der Waals surface area contributed by atoms with Gasteiger partial charge in [-0.3, -0.25) is 0 Å². The normalized spacial score (nSPS) is 10.7. The molecule has 0 radical (unpaired) electrons. The van der Waals surface area contributed by atoms with Crippen molar-refractivity contribution in [1.82, 2.24) is 5.32 Å². The van der Waals surface area contributed by atoms with E-state index in [0.717, 1.165) is 36.6 Å². The number of unbranched alkanes of at least 4 members (excludes halogenated alkanes) is 4. The van der Waals surface area contributed by atoms with Crippen LogP contribution in [0, 0.1) is 0 Å². The molecule has 0 aliphatic heterocycles. The molecule has 0 atom stereocenters. The van der Waals surface area contributed by atoms with Crippen LogP contribution in [-0.4, -0.2) is 20.2 Å². The molecular formula is C23H33NO2. The van der Waals surface area contributed by atoms with Gasteiger partial charge in [-0.1, -0.05) is 75.1 Å². The molecular weight excluding hydrogens is 322 g/mol. The topological polar surface area (TPSA) is 30.5 Å².